The molecule has 0 saturated heterocycles. The van der Waals surface area contributed by atoms with E-state index in [-0.39, 0.29) is 6.42 Å². The number of halogens is 3. The highest BCUT2D eigenvalue weighted by Gasteiger charge is 2.40. The normalized spacial score (nSPS) is 21.2. The Morgan fingerprint density at radius 1 is 1.38 bits per heavy atom. The second-order valence-corrected chi connectivity index (χ2v) is 3.68. The molecule has 0 spiro atoms. The van der Waals surface area contributed by atoms with E-state index in [9.17, 15) is 13.2 Å². The van der Waals surface area contributed by atoms with Crippen molar-refractivity contribution in [2.45, 2.75) is 44.8 Å². The monoisotopic (exact) mass is 195 g/mol. The van der Waals surface area contributed by atoms with E-state index >= 15 is 0 Å². The molecular formula is C9H16F3N. The molecule has 0 heterocycles. The van der Waals surface area contributed by atoms with Crippen LogP contribution in [0.3, 0.4) is 0 Å². The standard InChI is InChI=1S/C9H16F3N/c1-2-13-8(9(10,11)12)6-7-4-3-5-7/h7-8,13H,2-6H2,1H3. The average Bonchev–Trinajstić information content (AvgIpc) is 1.91. The SMILES string of the molecule is CCNC(CC1CCC1)C(F)(F)F. The molecule has 0 aliphatic heterocycles. The van der Waals surface area contributed by atoms with Gasteiger partial charge < -0.3 is 5.32 Å². The van der Waals surface area contributed by atoms with Crippen LogP contribution in [0.25, 0.3) is 0 Å². The Labute approximate surface area is 76.7 Å². The number of rotatable bonds is 4. The van der Waals surface area contributed by atoms with Gasteiger partial charge >= 0.3 is 6.18 Å². The first-order valence-electron chi connectivity index (χ1n) is 4.84. The molecule has 1 aliphatic rings. The first-order valence-corrected chi connectivity index (χ1v) is 4.84. The van der Waals surface area contributed by atoms with Crippen LogP contribution in [0.1, 0.15) is 32.6 Å². The summed E-state index contributed by atoms with van der Waals surface area (Å²) in [7, 11) is 0. The molecule has 0 amide bonds. The lowest BCUT2D eigenvalue weighted by atomic mass is 9.81. The third kappa shape index (κ3) is 3.18. The molecule has 0 radical (unpaired) electrons. The minimum Gasteiger partial charge on any atom is -0.306 e. The van der Waals surface area contributed by atoms with Gasteiger partial charge in [0.1, 0.15) is 6.04 Å². The molecule has 1 rings (SSSR count). The van der Waals surface area contributed by atoms with E-state index in [2.05, 4.69) is 5.32 Å². The average molecular weight is 195 g/mol. The fraction of sp³-hybridized carbons (Fsp3) is 1.00. The number of nitrogens with one attached hydrogen (secondary N) is 1. The molecule has 78 valence electrons. The summed E-state index contributed by atoms with van der Waals surface area (Å²) >= 11 is 0. The zero-order valence-electron chi connectivity index (χ0n) is 7.82. The highest BCUT2D eigenvalue weighted by Crippen LogP contribution is 2.34. The van der Waals surface area contributed by atoms with Crippen LogP contribution in [-0.4, -0.2) is 18.8 Å². The van der Waals surface area contributed by atoms with E-state index in [0.29, 0.717) is 12.5 Å². The summed E-state index contributed by atoms with van der Waals surface area (Å²) < 4.78 is 37.1. The minimum absolute atomic E-state index is 0.261. The van der Waals surface area contributed by atoms with Gasteiger partial charge in [-0.05, 0) is 18.9 Å². The molecule has 0 aromatic rings. The maximum atomic E-state index is 12.4. The molecule has 0 aromatic heterocycles. The Morgan fingerprint density at radius 2 is 2.00 bits per heavy atom. The molecule has 1 atom stereocenters. The van der Waals surface area contributed by atoms with Crippen LogP contribution in [0.5, 0.6) is 0 Å². The second kappa shape index (κ2) is 4.31. The summed E-state index contributed by atoms with van der Waals surface area (Å²) in [4.78, 5) is 0. The summed E-state index contributed by atoms with van der Waals surface area (Å²) in [6.45, 7) is 2.09. The predicted molar refractivity (Wildman–Crippen MR) is 45.5 cm³/mol. The van der Waals surface area contributed by atoms with E-state index in [4.69, 9.17) is 0 Å². The van der Waals surface area contributed by atoms with Gasteiger partial charge in [-0.25, -0.2) is 0 Å². The smallest absolute Gasteiger partial charge is 0.306 e. The zero-order chi connectivity index (χ0) is 9.90. The fourth-order valence-electron chi connectivity index (χ4n) is 1.64. The molecule has 1 saturated carbocycles. The Balaban J connectivity index is 2.36. The van der Waals surface area contributed by atoms with Crippen molar-refractivity contribution in [3.63, 3.8) is 0 Å². The van der Waals surface area contributed by atoms with E-state index in [1.165, 1.54) is 0 Å². The molecule has 1 N–H and O–H groups in total. The third-order valence-electron chi connectivity index (χ3n) is 2.64. The van der Waals surface area contributed by atoms with Gasteiger partial charge in [0, 0.05) is 0 Å². The van der Waals surface area contributed by atoms with Crippen molar-refractivity contribution in [3.05, 3.63) is 0 Å². The van der Waals surface area contributed by atoms with Crippen molar-refractivity contribution in [1.82, 2.24) is 5.32 Å². The van der Waals surface area contributed by atoms with Crippen LogP contribution < -0.4 is 5.32 Å². The van der Waals surface area contributed by atoms with Crippen LogP contribution in [-0.2, 0) is 0 Å². The molecule has 1 aliphatic carbocycles. The van der Waals surface area contributed by atoms with E-state index < -0.39 is 12.2 Å². The topological polar surface area (TPSA) is 12.0 Å². The van der Waals surface area contributed by atoms with Crippen LogP contribution in [0, 0.1) is 5.92 Å². The highest BCUT2D eigenvalue weighted by molar-refractivity contribution is 4.81. The molecular weight excluding hydrogens is 179 g/mol. The molecule has 4 heteroatoms. The molecule has 0 bridgehead atoms. The van der Waals surface area contributed by atoms with Crippen molar-refractivity contribution in [3.8, 4) is 0 Å². The Bertz CT molecular complexity index is 151. The zero-order valence-corrected chi connectivity index (χ0v) is 7.82. The molecule has 1 fully saturated rings. The molecule has 0 aromatic carbocycles. The van der Waals surface area contributed by atoms with Crippen LogP contribution in [0.4, 0.5) is 13.2 Å². The van der Waals surface area contributed by atoms with Crippen molar-refractivity contribution in [2.75, 3.05) is 6.54 Å². The van der Waals surface area contributed by atoms with Gasteiger partial charge in [0.05, 0.1) is 0 Å². The van der Waals surface area contributed by atoms with Gasteiger partial charge in [-0.3, -0.25) is 0 Å². The third-order valence-corrected chi connectivity index (χ3v) is 2.64. The Hall–Kier alpha value is -0.250. The van der Waals surface area contributed by atoms with E-state index in [1.807, 2.05) is 0 Å². The van der Waals surface area contributed by atoms with Gasteiger partial charge in [0.25, 0.3) is 0 Å². The van der Waals surface area contributed by atoms with Crippen LogP contribution in [0.15, 0.2) is 0 Å². The van der Waals surface area contributed by atoms with Gasteiger partial charge in [0.2, 0.25) is 0 Å². The summed E-state index contributed by atoms with van der Waals surface area (Å²) in [5, 5.41) is 2.50. The Kier molecular flexibility index (Phi) is 3.59. The van der Waals surface area contributed by atoms with Crippen molar-refractivity contribution < 1.29 is 13.2 Å². The van der Waals surface area contributed by atoms with E-state index in [1.54, 1.807) is 6.92 Å². The first kappa shape index (κ1) is 10.8. The molecule has 13 heavy (non-hydrogen) atoms. The predicted octanol–water partition coefficient (Wildman–Crippen LogP) is 2.72. The second-order valence-electron chi connectivity index (χ2n) is 3.68. The van der Waals surface area contributed by atoms with Gasteiger partial charge in [-0.15, -0.1) is 0 Å². The maximum absolute atomic E-state index is 12.4. The van der Waals surface area contributed by atoms with Crippen LogP contribution in [0.2, 0.25) is 0 Å². The number of hydrogen-bond acceptors (Lipinski definition) is 1. The quantitative estimate of drug-likeness (QED) is 0.727. The maximum Gasteiger partial charge on any atom is 0.403 e. The molecule has 1 unspecified atom stereocenters. The van der Waals surface area contributed by atoms with Gasteiger partial charge in [0.15, 0.2) is 0 Å². The number of hydrogen-bond donors (Lipinski definition) is 1. The first-order chi connectivity index (χ1) is 6.04. The van der Waals surface area contributed by atoms with Crippen molar-refractivity contribution in [2.24, 2.45) is 5.92 Å². The lowest BCUT2D eigenvalue weighted by Gasteiger charge is -2.31. The Morgan fingerprint density at radius 3 is 2.31 bits per heavy atom. The summed E-state index contributed by atoms with van der Waals surface area (Å²) in [6, 6.07) is -1.29. The summed E-state index contributed by atoms with van der Waals surface area (Å²) in [5.74, 6) is 0.297. The lowest BCUT2D eigenvalue weighted by Crippen LogP contribution is -2.44. The summed E-state index contributed by atoms with van der Waals surface area (Å²) in [5.41, 5.74) is 0. The minimum atomic E-state index is -4.08. The van der Waals surface area contributed by atoms with Gasteiger partial charge in [-0.2, -0.15) is 13.2 Å². The van der Waals surface area contributed by atoms with Crippen molar-refractivity contribution in [1.29, 1.82) is 0 Å². The molecule has 1 nitrogen and oxygen atoms in total. The van der Waals surface area contributed by atoms with Crippen molar-refractivity contribution >= 4 is 0 Å². The number of alkyl halides is 3. The summed E-state index contributed by atoms with van der Waals surface area (Å²) in [6.07, 6.45) is -0.778. The van der Waals surface area contributed by atoms with E-state index in [0.717, 1.165) is 19.3 Å². The lowest BCUT2D eigenvalue weighted by molar-refractivity contribution is -0.160. The highest BCUT2D eigenvalue weighted by atomic mass is 19.4. The van der Waals surface area contributed by atoms with Gasteiger partial charge in [-0.1, -0.05) is 26.2 Å². The van der Waals surface area contributed by atoms with Crippen LogP contribution >= 0.6 is 0 Å². The fourth-order valence-corrected chi connectivity index (χ4v) is 1.64. The largest absolute Gasteiger partial charge is 0.403 e.